The molecule has 1 unspecified atom stereocenters. The average molecular weight is 368 g/mol. The zero-order valence-corrected chi connectivity index (χ0v) is 14.4. The fourth-order valence-electron chi connectivity index (χ4n) is 3.57. The second kappa shape index (κ2) is 6.15. The van der Waals surface area contributed by atoms with E-state index in [0.717, 1.165) is 6.42 Å². The first-order valence-electron chi connectivity index (χ1n) is 7.46. The van der Waals surface area contributed by atoms with Crippen molar-refractivity contribution in [3.63, 3.8) is 0 Å². The van der Waals surface area contributed by atoms with Crippen molar-refractivity contribution < 1.29 is 19.8 Å². The second-order valence-electron chi connectivity index (χ2n) is 5.80. The van der Waals surface area contributed by atoms with E-state index in [0.29, 0.717) is 29.9 Å². The van der Waals surface area contributed by atoms with E-state index in [1.165, 1.54) is 0 Å². The van der Waals surface area contributed by atoms with Crippen LogP contribution in [0.5, 0.6) is 0 Å². The van der Waals surface area contributed by atoms with E-state index in [9.17, 15) is 19.8 Å². The van der Waals surface area contributed by atoms with E-state index in [-0.39, 0.29) is 21.2 Å². The Morgan fingerprint density at radius 2 is 1.83 bits per heavy atom. The second-order valence-corrected chi connectivity index (χ2v) is 6.59. The maximum absolute atomic E-state index is 12.0. The predicted molar refractivity (Wildman–Crippen MR) is 90.1 cm³/mol. The lowest BCUT2D eigenvalue weighted by atomic mass is 9.79. The molecule has 0 radical (unpaired) electrons. The Bertz CT molecular complexity index is 813. The summed E-state index contributed by atoms with van der Waals surface area (Å²) < 4.78 is 0. The molecule has 0 aromatic heterocycles. The Balaban J connectivity index is 2.33. The monoisotopic (exact) mass is 367 g/mol. The summed E-state index contributed by atoms with van der Waals surface area (Å²) in [5.41, 5.74) is 1.71. The van der Waals surface area contributed by atoms with Gasteiger partial charge in [0.1, 0.15) is 0 Å². The third-order valence-corrected chi connectivity index (χ3v) is 5.39. The number of hydrogen-bond donors (Lipinski definition) is 2. The molecule has 1 atom stereocenters. The SMILES string of the molecule is CC1=C(C(=O)O)C(c2cccc(Cl)c2Cl)C(C(=O)O)=C2CCCN12. The van der Waals surface area contributed by atoms with Crippen LogP contribution >= 0.6 is 23.2 Å². The van der Waals surface area contributed by atoms with Crippen LogP contribution in [0.2, 0.25) is 10.0 Å². The lowest BCUT2D eigenvalue weighted by Gasteiger charge is -2.34. The van der Waals surface area contributed by atoms with Gasteiger partial charge in [0.05, 0.1) is 27.1 Å². The van der Waals surface area contributed by atoms with Crippen LogP contribution in [-0.2, 0) is 9.59 Å². The predicted octanol–water partition coefficient (Wildman–Crippen LogP) is 3.88. The molecule has 1 aromatic carbocycles. The molecule has 2 aliphatic heterocycles. The summed E-state index contributed by atoms with van der Waals surface area (Å²) in [6.07, 6.45) is 1.38. The van der Waals surface area contributed by atoms with Crippen molar-refractivity contribution in [2.24, 2.45) is 0 Å². The number of rotatable bonds is 3. The number of aliphatic carboxylic acids is 2. The molecule has 3 rings (SSSR count). The number of nitrogens with zero attached hydrogens (tertiary/aromatic N) is 1. The third-order valence-electron chi connectivity index (χ3n) is 4.56. The van der Waals surface area contributed by atoms with Gasteiger partial charge in [0.2, 0.25) is 0 Å². The van der Waals surface area contributed by atoms with Crippen molar-refractivity contribution in [3.8, 4) is 0 Å². The molecule has 0 spiro atoms. The average Bonchev–Trinajstić information content (AvgIpc) is 2.98. The van der Waals surface area contributed by atoms with Gasteiger partial charge in [-0.3, -0.25) is 0 Å². The number of carboxylic acids is 2. The highest BCUT2D eigenvalue weighted by Gasteiger charge is 2.42. The maximum atomic E-state index is 12.0. The van der Waals surface area contributed by atoms with Gasteiger partial charge in [-0.25, -0.2) is 9.59 Å². The van der Waals surface area contributed by atoms with E-state index in [1.807, 2.05) is 0 Å². The normalized spacial score (nSPS) is 20.5. The first-order valence-corrected chi connectivity index (χ1v) is 8.22. The molecular weight excluding hydrogens is 353 g/mol. The molecular formula is C17H15Cl2NO4. The van der Waals surface area contributed by atoms with Crippen molar-refractivity contribution in [1.29, 1.82) is 0 Å². The van der Waals surface area contributed by atoms with Crippen molar-refractivity contribution in [3.05, 3.63) is 56.3 Å². The van der Waals surface area contributed by atoms with Gasteiger partial charge in [0, 0.05) is 17.9 Å². The highest BCUT2D eigenvalue weighted by molar-refractivity contribution is 6.42. The molecule has 2 aliphatic rings. The third kappa shape index (κ3) is 2.48. The minimum atomic E-state index is -1.15. The fraction of sp³-hybridized carbons (Fsp3) is 0.294. The molecule has 1 fully saturated rings. The Labute approximate surface area is 148 Å². The van der Waals surface area contributed by atoms with Crippen LogP contribution in [0.25, 0.3) is 0 Å². The van der Waals surface area contributed by atoms with Gasteiger partial charge in [-0.1, -0.05) is 35.3 Å². The lowest BCUT2D eigenvalue weighted by Crippen LogP contribution is -2.32. The number of carbonyl (C=O) groups is 2. The molecule has 0 aliphatic carbocycles. The van der Waals surface area contributed by atoms with Crippen LogP contribution < -0.4 is 0 Å². The van der Waals surface area contributed by atoms with Gasteiger partial charge in [0.15, 0.2) is 0 Å². The Hall–Kier alpha value is -1.98. The Morgan fingerprint density at radius 3 is 2.46 bits per heavy atom. The van der Waals surface area contributed by atoms with E-state index in [4.69, 9.17) is 23.2 Å². The molecule has 0 saturated carbocycles. The summed E-state index contributed by atoms with van der Waals surface area (Å²) in [4.78, 5) is 25.7. The zero-order chi connectivity index (χ0) is 17.6. The zero-order valence-electron chi connectivity index (χ0n) is 12.8. The topological polar surface area (TPSA) is 77.8 Å². The number of carboxylic acid groups (broad SMARTS) is 2. The molecule has 2 N–H and O–H groups in total. The number of allylic oxidation sites excluding steroid dienone is 2. The van der Waals surface area contributed by atoms with Gasteiger partial charge >= 0.3 is 11.9 Å². The lowest BCUT2D eigenvalue weighted by molar-refractivity contribution is -0.133. The summed E-state index contributed by atoms with van der Waals surface area (Å²) in [6, 6.07) is 4.86. The molecule has 24 heavy (non-hydrogen) atoms. The molecule has 0 amide bonds. The van der Waals surface area contributed by atoms with Gasteiger partial charge in [0.25, 0.3) is 0 Å². The largest absolute Gasteiger partial charge is 0.478 e. The van der Waals surface area contributed by atoms with Crippen LogP contribution in [-0.4, -0.2) is 33.6 Å². The van der Waals surface area contributed by atoms with Gasteiger partial charge in [-0.2, -0.15) is 0 Å². The number of halogens is 2. The van der Waals surface area contributed by atoms with Crippen molar-refractivity contribution >= 4 is 35.1 Å². The maximum Gasteiger partial charge on any atom is 0.334 e. The van der Waals surface area contributed by atoms with Gasteiger partial charge in [-0.05, 0) is 31.4 Å². The highest BCUT2D eigenvalue weighted by Crippen LogP contribution is 2.47. The van der Waals surface area contributed by atoms with Crippen LogP contribution in [0.15, 0.2) is 40.7 Å². The molecule has 0 bridgehead atoms. The van der Waals surface area contributed by atoms with Gasteiger partial charge in [-0.15, -0.1) is 0 Å². The van der Waals surface area contributed by atoms with Gasteiger partial charge < -0.3 is 15.1 Å². The summed E-state index contributed by atoms with van der Waals surface area (Å²) in [5, 5.41) is 20.0. The molecule has 126 valence electrons. The van der Waals surface area contributed by atoms with E-state index >= 15 is 0 Å². The standard InChI is InChI=1S/C17H15Cl2NO4/c1-8-12(16(21)22)13(9-4-2-5-10(18)15(9)19)14(17(23)24)11-6-3-7-20(8)11/h2,4-5,13H,3,6-7H2,1H3,(H,21,22)(H,23,24). The summed E-state index contributed by atoms with van der Waals surface area (Å²) in [7, 11) is 0. The summed E-state index contributed by atoms with van der Waals surface area (Å²) in [6.45, 7) is 2.32. The summed E-state index contributed by atoms with van der Waals surface area (Å²) in [5.74, 6) is -3.24. The Kier molecular flexibility index (Phi) is 4.32. The number of fused-ring (bicyclic) bond motifs is 1. The fourth-order valence-corrected chi connectivity index (χ4v) is 3.99. The first kappa shape index (κ1) is 16.9. The van der Waals surface area contributed by atoms with Crippen molar-refractivity contribution in [1.82, 2.24) is 4.90 Å². The number of benzene rings is 1. The number of hydrogen-bond acceptors (Lipinski definition) is 3. The minimum Gasteiger partial charge on any atom is -0.478 e. The van der Waals surface area contributed by atoms with E-state index in [1.54, 1.807) is 30.0 Å². The van der Waals surface area contributed by atoms with Crippen LogP contribution in [0, 0.1) is 0 Å². The highest BCUT2D eigenvalue weighted by atomic mass is 35.5. The molecule has 1 saturated heterocycles. The smallest absolute Gasteiger partial charge is 0.334 e. The minimum absolute atomic E-state index is 0.0298. The van der Waals surface area contributed by atoms with E-state index < -0.39 is 17.9 Å². The molecule has 7 heteroatoms. The summed E-state index contributed by atoms with van der Waals surface area (Å²) >= 11 is 12.3. The molecule has 1 aromatic rings. The van der Waals surface area contributed by atoms with Crippen molar-refractivity contribution in [2.75, 3.05) is 6.54 Å². The van der Waals surface area contributed by atoms with Crippen molar-refractivity contribution in [2.45, 2.75) is 25.7 Å². The van der Waals surface area contributed by atoms with E-state index in [2.05, 4.69) is 0 Å². The molecule has 2 heterocycles. The van der Waals surface area contributed by atoms with Crippen LogP contribution in [0.1, 0.15) is 31.2 Å². The Morgan fingerprint density at radius 1 is 1.17 bits per heavy atom. The van der Waals surface area contributed by atoms with Crippen LogP contribution in [0.3, 0.4) is 0 Å². The quantitative estimate of drug-likeness (QED) is 0.847. The molecule has 5 nitrogen and oxygen atoms in total. The van der Waals surface area contributed by atoms with Crippen LogP contribution in [0.4, 0.5) is 0 Å². The first-order chi connectivity index (χ1) is 11.3.